The molecule has 0 amide bonds. The average molecular weight is 670 g/mol. The predicted octanol–water partition coefficient (Wildman–Crippen LogP) is 5.34. The summed E-state index contributed by atoms with van der Waals surface area (Å²) in [7, 11) is 0. The van der Waals surface area contributed by atoms with Crippen LogP contribution in [-0.2, 0) is 48.0 Å². The Morgan fingerprint density at radius 3 is 1.04 bits per heavy atom. The van der Waals surface area contributed by atoms with Crippen molar-refractivity contribution in [2.75, 3.05) is 13.1 Å². The van der Waals surface area contributed by atoms with E-state index < -0.39 is 11.9 Å². The Labute approximate surface area is 281 Å². The van der Waals surface area contributed by atoms with Crippen LogP contribution in [0.1, 0.15) is 130 Å². The van der Waals surface area contributed by atoms with Crippen molar-refractivity contribution >= 4 is 24.4 Å². The van der Waals surface area contributed by atoms with Gasteiger partial charge in [-0.05, 0) is 58.8 Å². The normalized spacial score (nSPS) is 12.1. The molecule has 8 nitrogen and oxygen atoms in total. The molecule has 0 bridgehead atoms. The second-order valence-electron chi connectivity index (χ2n) is 15.0. The maximum absolute atomic E-state index is 10.9. The van der Waals surface area contributed by atoms with E-state index in [-0.39, 0.29) is 38.4 Å². The van der Waals surface area contributed by atoms with Crippen molar-refractivity contribution in [3.8, 4) is 11.5 Å². The number of nitrogens with zero attached hydrogens (tertiary/aromatic N) is 2. The third-order valence-corrected chi connectivity index (χ3v) is 6.45. The summed E-state index contributed by atoms with van der Waals surface area (Å²) in [6, 6.07) is 8.28. The number of hydrogen-bond acceptors (Lipinski definition) is 8. The molecular weight excluding hydrogens is 615 g/mol. The van der Waals surface area contributed by atoms with Crippen LogP contribution in [0.4, 0.5) is 0 Å². The Morgan fingerprint density at radius 1 is 0.600 bits per heavy atom. The van der Waals surface area contributed by atoms with Gasteiger partial charge >= 0.3 is 16.8 Å². The molecule has 0 saturated heterocycles. The van der Waals surface area contributed by atoms with E-state index in [2.05, 4.69) is 105 Å². The quantitative estimate of drug-likeness (QED) is 0.325. The van der Waals surface area contributed by atoms with Gasteiger partial charge in [-0.15, -0.1) is 0 Å². The number of carbonyl (C=O) groups excluding carboxylic acids is 2. The minimum absolute atomic E-state index is 0. The SMILES string of the molecule is CC(=O)[O-].CC(=O)[O-].CC(C)(C)c1cc(C=NCCN=Cc2cc(C(C)(C)C)cc(C(C)(C)C)c2O)c(O)c(C(C)(C)C)c1.[Co+2]. The van der Waals surface area contributed by atoms with Gasteiger partial charge in [-0.2, -0.15) is 0 Å². The van der Waals surface area contributed by atoms with E-state index in [1.807, 2.05) is 12.1 Å². The second kappa shape index (κ2) is 17.5. The van der Waals surface area contributed by atoms with Gasteiger partial charge in [-0.1, -0.05) is 95.2 Å². The van der Waals surface area contributed by atoms with Gasteiger partial charge in [-0.25, -0.2) is 0 Å². The molecule has 9 heteroatoms. The summed E-state index contributed by atoms with van der Waals surface area (Å²) in [5.74, 6) is -1.58. The first-order chi connectivity index (χ1) is 19.7. The van der Waals surface area contributed by atoms with Gasteiger partial charge in [0, 0.05) is 46.6 Å². The maximum Gasteiger partial charge on any atom is 2.00 e. The van der Waals surface area contributed by atoms with Crippen molar-refractivity contribution in [2.45, 2.75) is 119 Å². The minimum Gasteiger partial charge on any atom is -0.550 e. The summed E-state index contributed by atoms with van der Waals surface area (Å²) >= 11 is 0. The Bertz CT molecular complexity index is 1220. The van der Waals surface area contributed by atoms with E-state index in [1.165, 1.54) is 11.1 Å². The summed E-state index contributed by atoms with van der Waals surface area (Å²) in [4.78, 5) is 26.9. The number of phenolic OH excluding ortho intramolecular Hbond substituents is 2. The van der Waals surface area contributed by atoms with Gasteiger partial charge in [0.2, 0.25) is 0 Å². The molecule has 1 radical (unpaired) electrons. The number of aromatic hydroxyl groups is 2. The first-order valence-corrected chi connectivity index (χ1v) is 14.8. The second-order valence-corrected chi connectivity index (χ2v) is 15.0. The number of benzene rings is 2. The number of carboxylic acid groups (broad SMARTS) is 2. The van der Waals surface area contributed by atoms with Crippen LogP contribution in [0.25, 0.3) is 0 Å². The number of hydrogen-bond donors (Lipinski definition) is 2. The molecule has 0 saturated carbocycles. The van der Waals surface area contributed by atoms with Gasteiger partial charge in [0.05, 0.1) is 13.1 Å². The topological polar surface area (TPSA) is 145 Å². The van der Waals surface area contributed by atoms with E-state index in [0.717, 1.165) is 36.1 Å². The summed E-state index contributed by atoms with van der Waals surface area (Å²) in [5.41, 5.74) is 5.27. The molecule has 0 unspecified atom stereocenters. The molecule has 0 heterocycles. The van der Waals surface area contributed by atoms with E-state index in [9.17, 15) is 10.2 Å². The summed E-state index contributed by atoms with van der Waals surface area (Å²) < 4.78 is 0. The standard InChI is InChI=1S/C32H48N2O2.2C2H4O2.Co/c1-29(2,3)23-15-21(27(35)25(17-23)31(7,8)9)19-33-13-14-34-20-22-16-24(30(4,5)6)18-26(28(22)36)32(10,11)12;2*1-2(3)4;/h15-20,35-36H,13-14H2,1-12H3;2*1H3,(H,3,4);/q;;;+2/p-2. The van der Waals surface area contributed by atoms with E-state index in [1.54, 1.807) is 12.4 Å². The first-order valence-electron chi connectivity index (χ1n) is 14.8. The number of rotatable bonds is 5. The van der Waals surface area contributed by atoms with Crippen LogP contribution in [0, 0.1) is 0 Å². The Kier molecular flexibility index (Phi) is 17.1. The molecular formula is C36H54CoN2O6. The van der Waals surface area contributed by atoms with Crippen LogP contribution < -0.4 is 10.2 Å². The Morgan fingerprint density at radius 2 is 0.844 bits per heavy atom. The molecule has 2 rings (SSSR count). The van der Waals surface area contributed by atoms with Crippen molar-refractivity contribution in [3.05, 3.63) is 57.6 Å². The third-order valence-electron chi connectivity index (χ3n) is 6.45. The van der Waals surface area contributed by atoms with Crippen LogP contribution in [0.5, 0.6) is 11.5 Å². The summed E-state index contributed by atoms with van der Waals surface area (Å²) in [6.07, 6.45) is 3.51. The Hall–Kier alpha value is -3.17. The fourth-order valence-electron chi connectivity index (χ4n) is 3.96. The zero-order valence-corrected chi connectivity index (χ0v) is 30.7. The number of phenols is 2. The smallest absolute Gasteiger partial charge is 0.550 e. The molecule has 2 N–H and O–H groups in total. The third kappa shape index (κ3) is 16.1. The summed E-state index contributed by atoms with van der Waals surface area (Å²) in [5, 5.41) is 39.6. The molecule has 0 spiro atoms. The number of aliphatic carboxylic acids is 2. The van der Waals surface area contributed by atoms with Gasteiger partial charge in [0.15, 0.2) is 0 Å². The van der Waals surface area contributed by atoms with Crippen LogP contribution in [0.2, 0.25) is 0 Å². The largest absolute Gasteiger partial charge is 2.00 e. The molecule has 0 aromatic heterocycles. The monoisotopic (exact) mass is 669 g/mol. The molecule has 253 valence electrons. The van der Waals surface area contributed by atoms with Crippen molar-refractivity contribution in [1.29, 1.82) is 0 Å². The molecule has 2 aromatic carbocycles. The van der Waals surface area contributed by atoms with E-state index in [0.29, 0.717) is 24.6 Å². The van der Waals surface area contributed by atoms with Crippen LogP contribution >= 0.6 is 0 Å². The zero-order valence-electron chi connectivity index (χ0n) is 29.6. The van der Waals surface area contributed by atoms with Gasteiger partial charge in [0.1, 0.15) is 11.5 Å². The van der Waals surface area contributed by atoms with Gasteiger partial charge < -0.3 is 30.0 Å². The molecule has 0 aliphatic carbocycles. The van der Waals surface area contributed by atoms with Gasteiger partial charge in [-0.3, -0.25) is 9.98 Å². The van der Waals surface area contributed by atoms with Crippen molar-refractivity contribution in [1.82, 2.24) is 0 Å². The van der Waals surface area contributed by atoms with E-state index >= 15 is 0 Å². The average Bonchev–Trinajstić information content (AvgIpc) is 2.79. The molecule has 2 aromatic rings. The van der Waals surface area contributed by atoms with Crippen molar-refractivity contribution in [3.63, 3.8) is 0 Å². The Balaban J connectivity index is 0. The molecule has 45 heavy (non-hydrogen) atoms. The summed E-state index contributed by atoms with van der Waals surface area (Å²) in [6.45, 7) is 28.7. The molecule has 0 fully saturated rings. The van der Waals surface area contributed by atoms with Crippen molar-refractivity contribution < 1.29 is 46.8 Å². The minimum atomic E-state index is -1.08. The van der Waals surface area contributed by atoms with Gasteiger partial charge in [0.25, 0.3) is 0 Å². The van der Waals surface area contributed by atoms with Crippen LogP contribution in [0.3, 0.4) is 0 Å². The fourth-order valence-corrected chi connectivity index (χ4v) is 3.96. The first kappa shape index (κ1) is 44.0. The van der Waals surface area contributed by atoms with E-state index in [4.69, 9.17) is 19.8 Å². The van der Waals surface area contributed by atoms with Crippen molar-refractivity contribution in [2.24, 2.45) is 9.98 Å². The number of carbonyl (C=O) groups is 2. The van der Waals surface area contributed by atoms with Crippen LogP contribution in [0.15, 0.2) is 34.3 Å². The fraction of sp³-hybridized carbons (Fsp3) is 0.556. The molecule has 0 aliphatic rings. The molecule has 0 atom stereocenters. The number of aliphatic imine (C=N–C) groups is 2. The van der Waals surface area contributed by atoms with Crippen LogP contribution in [-0.4, -0.2) is 47.7 Å². The predicted molar refractivity (Wildman–Crippen MR) is 177 cm³/mol. The number of carboxylic acids is 2. The maximum atomic E-state index is 10.9. The zero-order chi connectivity index (χ0) is 34.8. The molecule has 0 aliphatic heterocycles.